The quantitative estimate of drug-likeness (QED) is 0.778. The zero-order valence-corrected chi connectivity index (χ0v) is 10.9. The van der Waals surface area contributed by atoms with E-state index in [2.05, 4.69) is 63.2 Å². The van der Waals surface area contributed by atoms with E-state index in [0.29, 0.717) is 10.7 Å². The normalized spacial score (nSPS) is 10.2. The van der Waals surface area contributed by atoms with Crippen molar-refractivity contribution in [3.05, 3.63) is 17.0 Å². The molecular weight excluding hydrogens is 354 g/mol. The lowest BCUT2D eigenvalue weighted by Crippen LogP contribution is -2.04. The summed E-state index contributed by atoms with van der Waals surface area (Å²) in [5.74, 6) is 0. The molecule has 6 heteroatoms. The molecule has 0 N–H and O–H groups in total. The van der Waals surface area contributed by atoms with Gasteiger partial charge in [0.15, 0.2) is 0 Å². The van der Waals surface area contributed by atoms with Gasteiger partial charge in [-0.25, -0.2) is 0 Å². The Morgan fingerprint density at radius 2 is 1.33 bits per heavy atom. The van der Waals surface area contributed by atoms with E-state index in [4.69, 9.17) is 0 Å². The molecule has 0 aliphatic heterocycles. The second-order valence-electron chi connectivity index (χ2n) is 2.06. The molecule has 0 radical (unpaired) electrons. The standard InChI is InChI=1S/C6H6Br3N3/c7-1-4-5(2-8)10-12-11-6(4)3-9/h1-3H2. The molecule has 66 valence electrons. The first kappa shape index (κ1) is 10.5. The summed E-state index contributed by atoms with van der Waals surface area (Å²) < 4.78 is 0. The number of halogens is 3. The molecule has 0 unspecified atom stereocenters. The van der Waals surface area contributed by atoms with Crippen LogP contribution in [-0.2, 0) is 16.0 Å². The first-order chi connectivity index (χ1) is 5.83. The smallest absolute Gasteiger partial charge is 0.0813 e. The van der Waals surface area contributed by atoms with Crippen LogP contribution in [0.1, 0.15) is 17.0 Å². The average Bonchev–Trinajstić information content (AvgIpc) is 2.16. The van der Waals surface area contributed by atoms with Crippen LogP contribution in [0.25, 0.3) is 0 Å². The van der Waals surface area contributed by atoms with Crippen LogP contribution in [0.2, 0.25) is 0 Å². The monoisotopic (exact) mass is 357 g/mol. The minimum atomic E-state index is 0.712. The summed E-state index contributed by atoms with van der Waals surface area (Å²) >= 11 is 10.1. The minimum Gasteiger partial charge on any atom is -0.134 e. The molecule has 3 nitrogen and oxygen atoms in total. The van der Waals surface area contributed by atoms with Crippen molar-refractivity contribution in [3.8, 4) is 0 Å². The third-order valence-electron chi connectivity index (χ3n) is 1.41. The lowest BCUT2D eigenvalue weighted by Gasteiger charge is -2.04. The molecule has 0 spiro atoms. The van der Waals surface area contributed by atoms with Crippen LogP contribution in [0.5, 0.6) is 0 Å². The van der Waals surface area contributed by atoms with Gasteiger partial charge in [-0.1, -0.05) is 47.8 Å². The van der Waals surface area contributed by atoms with Crippen LogP contribution in [0, 0.1) is 0 Å². The number of hydrogen-bond donors (Lipinski definition) is 0. The van der Waals surface area contributed by atoms with Gasteiger partial charge in [0.1, 0.15) is 0 Å². The molecule has 0 aliphatic rings. The van der Waals surface area contributed by atoms with Crippen molar-refractivity contribution in [1.82, 2.24) is 15.4 Å². The summed E-state index contributed by atoms with van der Waals surface area (Å²) in [6.07, 6.45) is 0. The number of aromatic nitrogens is 3. The van der Waals surface area contributed by atoms with Gasteiger partial charge in [-0.2, -0.15) is 0 Å². The Morgan fingerprint density at radius 3 is 1.67 bits per heavy atom. The van der Waals surface area contributed by atoms with Gasteiger partial charge < -0.3 is 0 Å². The van der Waals surface area contributed by atoms with E-state index < -0.39 is 0 Å². The summed E-state index contributed by atoms with van der Waals surface area (Å²) in [6, 6.07) is 0. The van der Waals surface area contributed by atoms with Crippen molar-refractivity contribution in [2.24, 2.45) is 0 Å². The second-order valence-corrected chi connectivity index (χ2v) is 3.74. The van der Waals surface area contributed by atoms with Crippen LogP contribution in [0.4, 0.5) is 0 Å². The molecule has 0 bridgehead atoms. The molecule has 0 aromatic carbocycles. The highest BCUT2D eigenvalue weighted by Gasteiger charge is 2.08. The van der Waals surface area contributed by atoms with Gasteiger partial charge in [0.2, 0.25) is 0 Å². The molecule has 0 atom stereocenters. The number of nitrogens with zero attached hydrogens (tertiary/aromatic N) is 3. The summed E-state index contributed by atoms with van der Waals surface area (Å²) in [5.41, 5.74) is 2.99. The van der Waals surface area contributed by atoms with Crippen molar-refractivity contribution in [2.45, 2.75) is 16.0 Å². The number of rotatable bonds is 3. The van der Waals surface area contributed by atoms with Gasteiger partial charge in [0, 0.05) is 21.6 Å². The maximum Gasteiger partial charge on any atom is 0.0813 e. The van der Waals surface area contributed by atoms with Crippen molar-refractivity contribution in [3.63, 3.8) is 0 Å². The van der Waals surface area contributed by atoms with Crippen molar-refractivity contribution >= 4 is 47.8 Å². The first-order valence-electron chi connectivity index (χ1n) is 3.21. The zero-order valence-electron chi connectivity index (χ0n) is 6.10. The van der Waals surface area contributed by atoms with E-state index in [-0.39, 0.29) is 0 Å². The van der Waals surface area contributed by atoms with E-state index in [1.807, 2.05) is 0 Å². The van der Waals surface area contributed by atoms with E-state index in [9.17, 15) is 0 Å². The van der Waals surface area contributed by atoms with Crippen molar-refractivity contribution in [2.75, 3.05) is 0 Å². The Balaban J connectivity index is 3.13. The third-order valence-corrected chi connectivity index (χ3v) is 3.04. The molecule has 0 saturated carbocycles. The first-order valence-corrected chi connectivity index (χ1v) is 6.57. The van der Waals surface area contributed by atoms with E-state index in [1.165, 1.54) is 0 Å². The third kappa shape index (κ3) is 2.23. The van der Waals surface area contributed by atoms with Gasteiger partial charge in [0.05, 0.1) is 11.4 Å². The van der Waals surface area contributed by atoms with Crippen LogP contribution in [0.3, 0.4) is 0 Å². The molecular formula is C6H6Br3N3. The predicted molar refractivity (Wildman–Crippen MR) is 57.7 cm³/mol. The maximum absolute atomic E-state index is 3.92. The maximum atomic E-state index is 3.92. The molecule has 1 rings (SSSR count). The highest BCUT2D eigenvalue weighted by Crippen LogP contribution is 2.17. The van der Waals surface area contributed by atoms with Gasteiger partial charge >= 0.3 is 0 Å². The SMILES string of the molecule is BrCc1nnnc(CBr)c1CBr. The van der Waals surface area contributed by atoms with Gasteiger partial charge in [-0.3, -0.25) is 0 Å². The van der Waals surface area contributed by atoms with Gasteiger partial charge in [-0.15, -0.1) is 10.2 Å². The zero-order chi connectivity index (χ0) is 8.97. The molecule has 12 heavy (non-hydrogen) atoms. The van der Waals surface area contributed by atoms with Crippen LogP contribution >= 0.6 is 47.8 Å². The van der Waals surface area contributed by atoms with E-state index in [0.717, 1.165) is 22.3 Å². The predicted octanol–water partition coefficient (Wildman–Crippen LogP) is 2.56. The van der Waals surface area contributed by atoms with E-state index >= 15 is 0 Å². The molecule has 0 fully saturated rings. The summed E-state index contributed by atoms with van der Waals surface area (Å²) in [5, 5.41) is 13.7. The lowest BCUT2D eigenvalue weighted by molar-refractivity contribution is 0.794. The fraction of sp³-hybridized carbons (Fsp3) is 0.500. The fourth-order valence-electron chi connectivity index (χ4n) is 0.787. The Hall–Kier alpha value is 0.450. The lowest BCUT2D eigenvalue weighted by atomic mass is 10.2. The number of alkyl halides is 3. The Labute approximate surface area is 95.7 Å². The van der Waals surface area contributed by atoms with Gasteiger partial charge in [0.25, 0.3) is 0 Å². The molecule has 1 heterocycles. The van der Waals surface area contributed by atoms with Crippen LogP contribution < -0.4 is 0 Å². The van der Waals surface area contributed by atoms with Crippen molar-refractivity contribution < 1.29 is 0 Å². The van der Waals surface area contributed by atoms with E-state index in [1.54, 1.807) is 0 Å². The Kier molecular flexibility index (Phi) is 4.60. The van der Waals surface area contributed by atoms with Crippen LogP contribution in [-0.4, -0.2) is 15.4 Å². The average molecular weight is 360 g/mol. The molecule has 0 amide bonds. The largest absolute Gasteiger partial charge is 0.134 e. The molecule has 0 saturated heterocycles. The Bertz CT molecular complexity index is 244. The molecule has 1 aromatic heterocycles. The summed E-state index contributed by atoms with van der Waals surface area (Å²) in [7, 11) is 0. The highest BCUT2D eigenvalue weighted by molar-refractivity contribution is 9.09. The molecule has 1 aromatic rings. The van der Waals surface area contributed by atoms with Gasteiger partial charge in [-0.05, 0) is 5.21 Å². The summed E-state index contributed by atoms with van der Waals surface area (Å²) in [4.78, 5) is 0. The van der Waals surface area contributed by atoms with Crippen LogP contribution in [0.15, 0.2) is 0 Å². The Morgan fingerprint density at radius 1 is 0.833 bits per heavy atom. The molecule has 0 aliphatic carbocycles. The topological polar surface area (TPSA) is 38.7 Å². The second kappa shape index (κ2) is 5.24. The van der Waals surface area contributed by atoms with Crippen molar-refractivity contribution in [1.29, 1.82) is 0 Å². The summed E-state index contributed by atoms with van der Waals surface area (Å²) in [6.45, 7) is 0. The highest BCUT2D eigenvalue weighted by atomic mass is 79.9. The minimum absolute atomic E-state index is 0.712. The number of hydrogen-bond acceptors (Lipinski definition) is 3. The fourth-order valence-corrected chi connectivity index (χ4v) is 2.34.